The molecule has 0 unspecified atom stereocenters. The van der Waals surface area contributed by atoms with E-state index in [1.54, 1.807) is 30.3 Å². The molecule has 0 saturated heterocycles. The van der Waals surface area contributed by atoms with Gasteiger partial charge in [-0.05, 0) is 49.6 Å². The van der Waals surface area contributed by atoms with Gasteiger partial charge in [0.25, 0.3) is 5.91 Å². The Hall–Kier alpha value is -3.09. The summed E-state index contributed by atoms with van der Waals surface area (Å²) in [4.78, 5) is 25.6. The normalized spacial score (nSPS) is 17.6. The lowest BCUT2D eigenvalue weighted by Crippen LogP contribution is -2.39. The van der Waals surface area contributed by atoms with Gasteiger partial charge in [-0.25, -0.2) is 4.39 Å². The fourth-order valence-corrected chi connectivity index (χ4v) is 3.90. The van der Waals surface area contributed by atoms with Crippen molar-refractivity contribution in [2.45, 2.75) is 44.1 Å². The van der Waals surface area contributed by atoms with Crippen LogP contribution in [0.15, 0.2) is 42.5 Å². The first-order valence-electron chi connectivity index (χ1n) is 9.66. The lowest BCUT2D eigenvalue weighted by molar-refractivity contribution is -0.159. The zero-order valence-electron chi connectivity index (χ0n) is 16.1. The van der Waals surface area contributed by atoms with E-state index in [1.807, 2.05) is 0 Å². The van der Waals surface area contributed by atoms with Gasteiger partial charge in [-0.15, -0.1) is 0 Å². The molecule has 152 valence electrons. The molecule has 7 heteroatoms. The number of carbonyl (C=O) groups is 2. The van der Waals surface area contributed by atoms with Crippen LogP contribution in [0.5, 0.6) is 11.5 Å². The summed E-state index contributed by atoms with van der Waals surface area (Å²) in [7, 11) is 0. The van der Waals surface area contributed by atoms with Crippen LogP contribution in [0.3, 0.4) is 0 Å². The van der Waals surface area contributed by atoms with Crippen LogP contribution < -0.4 is 14.8 Å². The maximum Gasteiger partial charge on any atom is 0.317 e. The second kappa shape index (κ2) is 7.73. The van der Waals surface area contributed by atoms with Crippen molar-refractivity contribution in [3.05, 3.63) is 53.8 Å². The van der Waals surface area contributed by atoms with Crippen molar-refractivity contribution in [3.63, 3.8) is 0 Å². The van der Waals surface area contributed by atoms with Crippen LogP contribution in [-0.2, 0) is 19.7 Å². The number of halogens is 1. The summed E-state index contributed by atoms with van der Waals surface area (Å²) >= 11 is 0. The first-order chi connectivity index (χ1) is 14.0. The molecule has 0 spiro atoms. The van der Waals surface area contributed by atoms with Crippen LogP contribution in [0.2, 0.25) is 0 Å². The fourth-order valence-electron chi connectivity index (χ4n) is 3.90. The van der Waals surface area contributed by atoms with E-state index >= 15 is 0 Å². The molecule has 0 aromatic heterocycles. The highest BCUT2D eigenvalue weighted by Crippen LogP contribution is 2.42. The third-order valence-electron chi connectivity index (χ3n) is 5.54. The molecule has 1 N–H and O–H groups in total. The van der Waals surface area contributed by atoms with Crippen molar-refractivity contribution in [2.75, 3.05) is 12.1 Å². The van der Waals surface area contributed by atoms with Crippen LogP contribution in [-0.4, -0.2) is 24.8 Å². The second-order valence-electron chi connectivity index (χ2n) is 7.40. The highest BCUT2D eigenvalue weighted by molar-refractivity contribution is 5.96. The van der Waals surface area contributed by atoms with Gasteiger partial charge < -0.3 is 19.5 Å². The number of fused-ring (bicyclic) bond motifs is 1. The van der Waals surface area contributed by atoms with Gasteiger partial charge in [0, 0.05) is 11.8 Å². The minimum absolute atomic E-state index is 0.145. The van der Waals surface area contributed by atoms with Crippen molar-refractivity contribution >= 4 is 17.6 Å². The Morgan fingerprint density at radius 1 is 1.07 bits per heavy atom. The first-order valence-corrected chi connectivity index (χ1v) is 9.66. The van der Waals surface area contributed by atoms with Gasteiger partial charge in [-0.3, -0.25) is 9.59 Å². The molecular formula is C22H22FNO5. The Morgan fingerprint density at radius 2 is 1.76 bits per heavy atom. The van der Waals surface area contributed by atoms with Crippen LogP contribution in [0.4, 0.5) is 10.1 Å². The standard InChI is InChI=1S/C22H22FNO5/c1-14(20(25)24-17-8-9-18-19(12-17)28-13-27-18)29-21(26)22(10-2-3-11-22)15-4-6-16(23)7-5-15/h4-9,12,14H,2-3,10-11,13H2,1H3,(H,24,25)/t14-/m0/s1. The van der Waals surface area contributed by atoms with E-state index in [2.05, 4.69) is 5.32 Å². The lowest BCUT2D eigenvalue weighted by atomic mass is 9.79. The van der Waals surface area contributed by atoms with Crippen molar-refractivity contribution in [1.82, 2.24) is 0 Å². The SMILES string of the molecule is C[C@H](OC(=O)C1(c2ccc(F)cc2)CCCC1)C(=O)Nc1ccc2c(c1)OCO2. The van der Waals surface area contributed by atoms with E-state index in [-0.39, 0.29) is 12.6 Å². The van der Waals surface area contributed by atoms with Crippen LogP contribution in [0.25, 0.3) is 0 Å². The largest absolute Gasteiger partial charge is 0.454 e. The summed E-state index contributed by atoms with van der Waals surface area (Å²) in [5.41, 5.74) is 0.419. The van der Waals surface area contributed by atoms with Gasteiger partial charge in [0.2, 0.25) is 6.79 Å². The number of hydrogen-bond acceptors (Lipinski definition) is 5. The molecule has 1 aliphatic heterocycles. The summed E-state index contributed by atoms with van der Waals surface area (Å²) in [5.74, 6) is -0.0789. The molecule has 0 radical (unpaired) electrons. The second-order valence-corrected chi connectivity index (χ2v) is 7.40. The molecule has 0 bridgehead atoms. The van der Waals surface area contributed by atoms with Crippen molar-refractivity contribution < 1.29 is 28.2 Å². The van der Waals surface area contributed by atoms with Crippen molar-refractivity contribution in [3.8, 4) is 11.5 Å². The molecule has 2 aromatic rings. The van der Waals surface area contributed by atoms with Gasteiger partial charge >= 0.3 is 5.97 Å². The number of nitrogens with one attached hydrogen (secondary N) is 1. The van der Waals surface area contributed by atoms with Gasteiger partial charge in [0.05, 0.1) is 5.41 Å². The number of hydrogen-bond donors (Lipinski definition) is 1. The van der Waals surface area contributed by atoms with E-state index in [9.17, 15) is 14.0 Å². The quantitative estimate of drug-likeness (QED) is 0.771. The van der Waals surface area contributed by atoms with E-state index < -0.39 is 23.4 Å². The molecule has 1 amide bonds. The Bertz CT molecular complexity index is 921. The zero-order chi connectivity index (χ0) is 20.4. The molecule has 2 aromatic carbocycles. The summed E-state index contributed by atoms with van der Waals surface area (Å²) in [6.45, 7) is 1.68. The summed E-state index contributed by atoms with van der Waals surface area (Å²) in [5, 5.41) is 2.73. The smallest absolute Gasteiger partial charge is 0.317 e. The predicted molar refractivity (Wildman–Crippen MR) is 103 cm³/mol. The predicted octanol–water partition coefficient (Wildman–Crippen LogP) is 3.94. The molecule has 1 saturated carbocycles. The third-order valence-corrected chi connectivity index (χ3v) is 5.54. The van der Waals surface area contributed by atoms with Gasteiger partial charge in [-0.2, -0.15) is 0 Å². The number of anilines is 1. The molecule has 4 rings (SSSR count). The van der Waals surface area contributed by atoms with Crippen molar-refractivity contribution in [1.29, 1.82) is 0 Å². The lowest BCUT2D eigenvalue weighted by Gasteiger charge is -2.28. The number of rotatable bonds is 5. The molecule has 1 heterocycles. The number of ether oxygens (including phenoxy) is 3. The van der Waals surface area contributed by atoms with E-state index in [1.165, 1.54) is 19.1 Å². The minimum atomic E-state index is -0.981. The topological polar surface area (TPSA) is 73.9 Å². The number of esters is 1. The molecule has 1 fully saturated rings. The highest BCUT2D eigenvalue weighted by atomic mass is 19.1. The number of amides is 1. The maximum absolute atomic E-state index is 13.3. The zero-order valence-corrected chi connectivity index (χ0v) is 16.1. The average molecular weight is 399 g/mol. The first kappa shape index (κ1) is 19.2. The molecule has 1 aliphatic carbocycles. The highest BCUT2D eigenvalue weighted by Gasteiger charge is 2.45. The van der Waals surface area contributed by atoms with E-state index in [0.29, 0.717) is 30.0 Å². The van der Waals surface area contributed by atoms with Crippen LogP contribution >= 0.6 is 0 Å². The summed E-state index contributed by atoms with van der Waals surface area (Å²) in [6.07, 6.45) is 2.02. The fraction of sp³-hybridized carbons (Fsp3) is 0.364. The van der Waals surface area contributed by atoms with Gasteiger partial charge in [0.15, 0.2) is 17.6 Å². The monoisotopic (exact) mass is 399 g/mol. The molecular weight excluding hydrogens is 377 g/mol. The molecule has 6 nitrogen and oxygen atoms in total. The van der Waals surface area contributed by atoms with Crippen molar-refractivity contribution in [2.24, 2.45) is 0 Å². The Kier molecular flexibility index (Phi) is 5.13. The van der Waals surface area contributed by atoms with Gasteiger partial charge in [0.1, 0.15) is 5.82 Å². The Balaban J connectivity index is 1.45. The van der Waals surface area contributed by atoms with Gasteiger partial charge in [-0.1, -0.05) is 25.0 Å². The number of carbonyl (C=O) groups excluding carboxylic acids is 2. The summed E-state index contributed by atoms with van der Waals surface area (Å²) < 4.78 is 29.4. The minimum Gasteiger partial charge on any atom is -0.454 e. The Morgan fingerprint density at radius 3 is 2.48 bits per heavy atom. The average Bonchev–Trinajstić information content (AvgIpc) is 3.38. The van der Waals surface area contributed by atoms with E-state index in [4.69, 9.17) is 14.2 Å². The third kappa shape index (κ3) is 3.77. The number of benzene rings is 2. The maximum atomic E-state index is 13.3. The molecule has 29 heavy (non-hydrogen) atoms. The van der Waals surface area contributed by atoms with Crippen LogP contribution in [0, 0.1) is 5.82 Å². The molecule has 2 aliphatic rings. The summed E-state index contributed by atoms with van der Waals surface area (Å²) in [6, 6.07) is 11.0. The van der Waals surface area contributed by atoms with Crippen LogP contribution in [0.1, 0.15) is 38.2 Å². The molecule has 1 atom stereocenters. The van der Waals surface area contributed by atoms with E-state index in [0.717, 1.165) is 18.4 Å². The Labute approximate surface area is 168 Å².